The third-order valence-electron chi connectivity index (χ3n) is 4.50. The van der Waals surface area contributed by atoms with Crippen LogP contribution in [0.4, 0.5) is 0 Å². The van der Waals surface area contributed by atoms with E-state index < -0.39 is 0 Å². The summed E-state index contributed by atoms with van der Waals surface area (Å²) >= 11 is 0. The smallest absolute Gasteiger partial charge is 0.0270 e. The van der Waals surface area contributed by atoms with E-state index in [1.807, 2.05) is 12.4 Å². The number of pyridine rings is 1. The molecular weight excluding hydrogens is 220 g/mol. The summed E-state index contributed by atoms with van der Waals surface area (Å²) in [5.41, 5.74) is 7.86. The fraction of sp³-hybridized carbons (Fsp3) is 0.688. The van der Waals surface area contributed by atoms with Gasteiger partial charge in [-0.15, -0.1) is 0 Å². The van der Waals surface area contributed by atoms with Crippen LogP contribution < -0.4 is 5.73 Å². The molecule has 1 aromatic rings. The van der Waals surface area contributed by atoms with E-state index >= 15 is 0 Å². The molecule has 100 valence electrons. The van der Waals surface area contributed by atoms with Gasteiger partial charge in [0.15, 0.2) is 0 Å². The number of aromatic nitrogens is 1. The molecule has 0 amide bonds. The monoisotopic (exact) mass is 246 g/mol. The van der Waals surface area contributed by atoms with Crippen molar-refractivity contribution in [3.05, 3.63) is 30.1 Å². The molecule has 1 aliphatic carbocycles. The van der Waals surface area contributed by atoms with Crippen molar-refractivity contribution in [3.63, 3.8) is 0 Å². The van der Waals surface area contributed by atoms with E-state index in [2.05, 4.69) is 24.0 Å². The lowest BCUT2D eigenvalue weighted by Crippen LogP contribution is -2.35. The van der Waals surface area contributed by atoms with Gasteiger partial charge in [0.2, 0.25) is 0 Å². The van der Waals surface area contributed by atoms with E-state index in [1.54, 1.807) is 0 Å². The molecule has 0 bridgehead atoms. The Balaban J connectivity index is 1.98. The maximum absolute atomic E-state index is 6.52. The van der Waals surface area contributed by atoms with E-state index in [-0.39, 0.29) is 0 Å². The van der Waals surface area contributed by atoms with Gasteiger partial charge in [-0.1, -0.05) is 39.0 Å². The topological polar surface area (TPSA) is 38.9 Å². The first kappa shape index (κ1) is 13.5. The summed E-state index contributed by atoms with van der Waals surface area (Å²) in [6.45, 7) is 2.26. The summed E-state index contributed by atoms with van der Waals surface area (Å²) < 4.78 is 0. The molecule has 18 heavy (non-hydrogen) atoms. The molecular formula is C16H26N2. The first-order valence-corrected chi connectivity index (χ1v) is 7.44. The Hall–Kier alpha value is -0.890. The van der Waals surface area contributed by atoms with Gasteiger partial charge in [0.25, 0.3) is 0 Å². The third-order valence-corrected chi connectivity index (χ3v) is 4.50. The Morgan fingerprint density at radius 3 is 2.22 bits per heavy atom. The highest BCUT2D eigenvalue weighted by molar-refractivity contribution is 5.17. The summed E-state index contributed by atoms with van der Waals surface area (Å²) in [4.78, 5) is 4.09. The van der Waals surface area contributed by atoms with Gasteiger partial charge in [0, 0.05) is 18.4 Å². The average molecular weight is 246 g/mol. The van der Waals surface area contributed by atoms with Crippen LogP contribution in [0, 0.1) is 5.92 Å². The van der Waals surface area contributed by atoms with Gasteiger partial charge in [-0.3, -0.25) is 4.98 Å². The predicted octanol–water partition coefficient (Wildman–Crippen LogP) is 3.87. The summed E-state index contributed by atoms with van der Waals surface area (Å²) in [5, 5.41) is 0. The normalized spacial score (nSPS) is 21.9. The van der Waals surface area contributed by atoms with E-state index in [9.17, 15) is 0 Å². The van der Waals surface area contributed by atoms with Crippen LogP contribution in [0.1, 0.15) is 63.4 Å². The summed E-state index contributed by atoms with van der Waals surface area (Å²) in [7, 11) is 0. The van der Waals surface area contributed by atoms with Crippen molar-refractivity contribution >= 4 is 0 Å². The molecule has 1 saturated carbocycles. The summed E-state index contributed by atoms with van der Waals surface area (Å²) in [6, 6.07) is 4.51. The van der Waals surface area contributed by atoms with Gasteiger partial charge in [0.05, 0.1) is 0 Å². The standard InChI is InChI=1S/C16H26N2/c1-13(14-9-11-18-12-10-14)16(17)15-7-5-3-2-4-6-8-15/h9-13,15-16H,2-8,17H2,1H3. The zero-order chi connectivity index (χ0) is 12.8. The Kier molecular flexibility index (Phi) is 5.18. The van der Waals surface area contributed by atoms with Crippen molar-refractivity contribution in [2.24, 2.45) is 11.7 Å². The zero-order valence-electron chi connectivity index (χ0n) is 11.5. The van der Waals surface area contributed by atoms with Crippen LogP contribution in [0.2, 0.25) is 0 Å². The fourth-order valence-electron chi connectivity index (χ4n) is 3.17. The molecule has 2 atom stereocenters. The number of hydrogen-bond acceptors (Lipinski definition) is 2. The van der Waals surface area contributed by atoms with E-state index in [0.717, 1.165) is 0 Å². The van der Waals surface area contributed by atoms with Crippen molar-refractivity contribution < 1.29 is 0 Å². The highest BCUT2D eigenvalue weighted by Gasteiger charge is 2.24. The Morgan fingerprint density at radius 2 is 1.61 bits per heavy atom. The largest absolute Gasteiger partial charge is 0.327 e. The summed E-state index contributed by atoms with van der Waals surface area (Å²) in [6.07, 6.45) is 13.3. The van der Waals surface area contributed by atoms with Crippen LogP contribution in [-0.4, -0.2) is 11.0 Å². The third kappa shape index (κ3) is 3.55. The number of nitrogens with two attached hydrogens (primary N) is 1. The first-order chi connectivity index (χ1) is 8.79. The molecule has 2 heteroatoms. The quantitative estimate of drug-likeness (QED) is 0.879. The fourth-order valence-corrected chi connectivity index (χ4v) is 3.17. The molecule has 0 aromatic carbocycles. The average Bonchev–Trinajstić information content (AvgIpc) is 2.38. The highest BCUT2D eigenvalue weighted by atomic mass is 14.7. The predicted molar refractivity (Wildman–Crippen MR) is 76.4 cm³/mol. The molecule has 2 nitrogen and oxygen atoms in total. The second-order valence-corrected chi connectivity index (χ2v) is 5.75. The van der Waals surface area contributed by atoms with Crippen LogP contribution >= 0.6 is 0 Å². The minimum absolute atomic E-state index is 0.297. The Morgan fingerprint density at radius 1 is 1.06 bits per heavy atom. The minimum atomic E-state index is 0.297. The van der Waals surface area contributed by atoms with Crippen LogP contribution in [-0.2, 0) is 0 Å². The van der Waals surface area contributed by atoms with Crippen molar-refractivity contribution in [3.8, 4) is 0 Å². The van der Waals surface area contributed by atoms with Gasteiger partial charge >= 0.3 is 0 Å². The van der Waals surface area contributed by atoms with Crippen LogP contribution in [0.3, 0.4) is 0 Å². The molecule has 2 N–H and O–H groups in total. The summed E-state index contributed by atoms with van der Waals surface area (Å²) in [5.74, 6) is 1.14. The number of rotatable bonds is 3. The second-order valence-electron chi connectivity index (χ2n) is 5.75. The van der Waals surface area contributed by atoms with Gasteiger partial charge in [0.1, 0.15) is 0 Å². The molecule has 2 rings (SSSR count). The van der Waals surface area contributed by atoms with Crippen molar-refractivity contribution in [1.82, 2.24) is 4.98 Å². The second kappa shape index (κ2) is 6.89. The lowest BCUT2D eigenvalue weighted by molar-refractivity contribution is 0.300. The number of nitrogens with zero attached hydrogens (tertiary/aromatic N) is 1. The molecule has 1 heterocycles. The Bertz CT molecular complexity index is 328. The minimum Gasteiger partial charge on any atom is -0.327 e. The highest BCUT2D eigenvalue weighted by Crippen LogP contribution is 2.30. The molecule has 1 fully saturated rings. The van der Waals surface area contributed by atoms with Crippen molar-refractivity contribution in [2.75, 3.05) is 0 Å². The van der Waals surface area contributed by atoms with Gasteiger partial charge < -0.3 is 5.73 Å². The van der Waals surface area contributed by atoms with Gasteiger partial charge in [-0.25, -0.2) is 0 Å². The van der Waals surface area contributed by atoms with Crippen molar-refractivity contribution in [1.29, 1.82) is 0 Å². The van der Waals surface area contributed by atoms with Crippen LogP contribution in [0.15, 0.2) is 24.5 Å². The van der Waals surface area contributed by atoms with Crippen LogP contribution in [0.25, 0.3) is 0 Å². The van der Waals surface area contributed by atoms with Crippen molar-refractivity contribution in [2.45, 2.75) is 63.8 Å². The van der Waals surface area contributed by atoms with Gasteiger partial charge in [-0.05, 0) is 42.4 Å². The van der Waals surface area contributed by atoms with E-state index in [1.165, 1.54) is 50.5 Å². The number of hydrogen-bond donors (Lipinski definition) is 1. The molecule has 0 saturated heterocycles. The molecule has 2 unspecified atom stereocenters. The van der Waals surface area contributed by atoms with E-state index in [0.29, 0.717) is 17.9 Å². The molecule has 1 aliphatic rings. The molecule has 1 aromatic heterocycles. The SMILES string of the molecule is CC(c1ccncc1)C(N)C1CCCCCCC1. The first-order valence-electron chi connectivity index (χ1n) is 7.44. The maximum atomic E-state index is 6.52. The lowest BCUT2D eigenvalue weighted by atomic mass is 9.79. The lowest BCUT2D eigenvalue weighted by Gasteiger charge is -2.30. The molecule has 0 spiro atoms. The maximum Gasteiger partial charge on any atom is 0.0270 e. The Labute approximate surface area is 111 Å². The zero-order valence-corrected chi connectivity index (χ0v) is 11.5. The van der Waals surface area contributed by atoms with E-state index in [4.69, 9.17) is 5.73 Å². The molecule has 0 aliphatic heterocycles. The molecule has 0 radical (unpaired) electrons. The van der Waals surface area contributed by atoms with Gasteiger partial charge in [-0.2, -0.15) is 0 Å². The van der Waals surface area contributed by atoms with Crippen LogP contribution in [0.5, 0.6) is 0 Å².